The van der Waals surface area contributed by atoms with E-state index >= 15 is 0 Å². The van der Waals surface area contributed by atoms with Gasteiger partial charge in [0.2, 0.25) is 0 Å². The quantitative estimate of drug-likeness (QED) is 0.849. The van der Waals surface area contributed by atoms with Crippen molar-refractivity contribution in [1.29, 1.82) is 0 Å². The van der Waals surface area contributed by atoms with Crippen LogP contribution in [0.25, 0.3) is 0 Å². The van der Waals surface area contributed by atoms with Gasteiger partial charge in [-0.15, -0.1) is 0 Å². The Hall–Kier alpha value is -1.55. The Morgan fingerprint density at radius 3 is 2.71 bits per heavy atom. The standard InChI is InChI=1S/C13H19NO3/c1-9-5-6-11(7-12(9)17-4)13(15)14-10(2)8-16-3/h5-7,10H,8H2,1-4H3,(H,14,15). The molecule has 0 aliphatic heterocycles. The largest absolute Gasteiger partial charge is 0.496 e. The number of nitrogens with one attached hydrogen (secondary N) is 1. The number of methoxy groups -OCH3 is 2. The summed E-state index contributed by atoms with van der Waals surface area (Å²) in [6, 6.07) is 5.38. The first-order chi connectivity index (χ1) is 8.08. The van der Waals surface area contributed by atoms with Gasteiger partial charge in [0.15, 0.2) is 0 Å². The fourth-order valence-corrected chi connectivity index (χ4v) is 1.56. The van der Waals surface area contributed by atoms with Crippen LogP contribution in [0.2, 0.25) is 0 Å². The van der Waals surface area contributed by atoms with Crippen LogP contribution in [0.1, 0.15) is 22.8 Å². The summed E-state index contributed by atoms with van der Waals surface area (Å²) >= 11 is 0. The number of amides is 1. The summed E-state index contributed by atoms with van der Waals surface area (Å²) in [7, 11) is 3.20. The molecular weight excluding hydrogens is 218 g/mol. The Morgan fingerprint density at radius 2 is 2.12 bits per heavy atom. The Balaban J connectivity index is 2.75. The number of hydrogen-bond donors (Lipinski definition) is 1. The van der Waals surface area contributed by atoms with Crippen LogP contribution in [0.4, 0.5) is 0 Å². The van der Waals surface area contributed by atoms with Crippen LogP contribution in [0.3, 0.4) is 0 Å². The number of rotatable bonds is 5. The van der Waals surface area contributed by atoms with Crippen molar-refractivity contribution in [2.24, 2.45) is 0 Å². The van der Waals surface area contributed by atoms with Gasteiger partial charge in [-0.05, 0) is 31.5 Å². The van der Waals surface area contributed by atoms with Gasteiger partial charge in [-0.1, -0.05) is 6.07 Å². The molecule has 0 aliphatic rings. The molecule has 17 heavy (non-hydrogen) atoms. The molecule has 1 amide bonds. The fourth-order valence-electron chi connectivity index (χ4n) is 1.56. The van der Waals surface area contributed by atoms with Crippen molar-refractivity contribution in [2.45, 2.75) is 19.9 Å². The minimum Gasteiger partial charge on any atom is -0.496 e. The van der Waals surface area contributed by atoms with Crippen LogP contribution < -0.4 is 10.1 Å². The Kier molecular flexibility index (Phi) is 4.97. The highest BCUT2D eigenvalue weighted by atomic mass is 16.5. The number of ether oxygens (including phenoxy) is 2. The molecule has 0 aliphatic carbocycles. The highest BCUT2D eigenvalue weighted by Crippen LogP contribution is 2.18. The van der Waals surface area contributed by atoms with Crippen LogP contribution in [0.15, 0.2) is 18.2 Å². The van der Waals surface area contributed by atoms with E-state index in [0.717, 1.165) is 11.3 Å². The zero-order chi connectivity index (χ0) is 12.8. The summed E-state index contributed by atoms with van der Waals surface area (Å²) < 4.78 is 10.1. The van der Waals surface area contributed by atoms with Gasteiger partial charge < -0.3 is 14.8 Å². The maximum absolute atomic E-state index is 11.9. The van der Waals surface area contributed by atoms with Crippen molar-refractivity contribution in [3.63, 3.8) is 0 Å². The van der Waals surface area contributed by atoms with E-state index in [1.807, 2.05) is 19.9 Å². The second-order valence-corrected chi connectivity index (χ2v) is 4.01. The Morgan fingerprint density at radius 1 is 1.41 bits per heavy atom. The predicted molar refractivity (Wildman–Crippen MR) is 66.5 cm³/mol. The molecule has 1 unspecified atom stereocenters. The van der Waals surface area contributed by atoms with Crippen LogP contribution in [-0.4, -0.2) is 32.8 Å². The number of carbonyl (C=O) groups is 1. The van der Waals surface area contributed by atoms with Crippen molar-refractivity contribution < 1.29 is 14.3 Å². The molecule has 0 spiro atoms. The summed E-state index contributed by atoms with van der Waals surface area (Å²) in [5.41, 5.74) is 1.60. The van der Waals surface area contributed by atoms with Gasteiger partial charge in [-0.2, -0.15) is 0 Å². The van der Waals surface area contributed by atoms with Crippen molar-refractivity contribution in [2.75, 3.05) is 20.8 Å². The first-order valence-electron chi connectivity index (χ1n) is 5.53. The molecule has 1 aromatic rings. The van der Waals surface area contributed by atoms with E-state index < -0.39 is 0 Å². The van der Waals surface area contributed by atoms with E-state index in [1.54, 1.807) is 26.4 Å². The lowest BCUT2D eigenvalue weighted by Crippen LogP contribution is -2.35. The van der Waals surface area contributed by atoms with Gasteiger partial charge in [0.05, 0.1) is 13.7 Å². The summed E-state index contributed by atoms with van der Waals surface area (Å²) in [6.45, 7) is 4.33. The van der Waals surface area contributed by atoms with E-state index in [2.05, 4.69) is 5.32 Å². The molecule has 0 bridgehead atoms. The molecule has 4 nitrogen and oxygen atoms in total. The van der Waals surface area contributed by atoms with E-state index in [-0.39, 0.29) is 11.9 Å². The molecule has 4 heteroatoms. The second-order valence-electron chi connectivity index (χ2n) is 4.01. The molecule has 0 saturated carbocycles. The van der Waals surface area contributed by atoms with Crippen molar-refractivity contribution in [1.82, 2.24) is 5.32 Å². The third-order valence-electron chi connectivity index (χ3n) is 2.46. The van der Waals surface area contributed by atoms with Gasteiger partial charge in [0.1, 0.15) is 5.75 Å². The van der Waals surface area contributed by atoms with E-state index in [4.69, 9.17) is 9.47 Å². The third-order valence-corrected chi connectivity index (χ3v) is 2.46. The molecule has 1 rings (SSSR count). The van der Waals surface area contributed by atoms with Crippen molar-refractivity contribution in [3.05, 3.63) is 29.3 Å². The summed E-state index contributed by atoms with van der Waals surface area (Å²) in [5, 5.41) is 2.85. The molecule has 0 heterocycles. The second kappa shape index (κ2) is 6.25. The van der Waals surface area contributed by atoms with E-state index in [9.17, 15) is 4.79 Å². The van der Waals surface area contributed by atoms with Crippen LogP contribution >= 0.6 is 0 Å². The minimum absolute atomic E-state index is 0.0141. The van der Waals surface area contributed by atoms with E-state index in [0.29, 0.717) is 12.2 Å². The molecule has 94 valence electrons. The Labute approximate surface area is 102 Å². The minimum atomic E-state index is -0.118. The first-order valence-corrected chi connectivity index (χ1v) is 5.53. The number of hydrogen-bond acceptors (Lipinski definition) is 3. The van der Waals surface area contributed by atoms with Gasteiger partial charge in [0.25, 0.3) is 5.91 Å². The molecule has 0 aromatic heterocycles. The van der Waals surface area contributed by atoms with E-state index in [1.165, 1.54) is 0 Å². The van der Waals surface area contributed by atoms with Crippen molar-refractivity contribution in [3.8, 4) is 5.75 Å². The number of aryl methyl sites for hydroxylation is 1. The van der Waals surface area contributed by atoms with Crippen LogP contribution in [0.5, 0.6) is 5.75 Å². The third kappa shape index (κ3) is 3.75. The average Bonchev–Trinajstić information content (AvgIpc) is 2.29. The van der Waals surface area contributed by atoms with Gasteiger partial charge in [-0.25, -0.2) is 0 Å². The topological polar surface area (TPSA) is 47.6 Å². The van der Waals surface area contributed by atoms with Crippen LogP contribution in [-0.2, 0) is 4.74 Å². The molecular formula is C13H19NO3. The summed E-state index contributed by atoms with van der Waals surface area (Å²) in [5.74, 6) is 0.602. The monoisotopic (exact) mass is 237 g/mol. The van der Waals surface area contributed by atoms with Gasteiger partial charge in [-0.3, -0.25) is 4.79 Å². The maximum atomic E-state index is 11.9. The smallest absolute Gasteiger partial charge is 0.251 e. The average molecular weight is 237 g/mol. The predicted octanol–water partition coefficient (Wildman–Crippen LogP) is 1.77. The molecule has 0 fully saturated rings. The lowest BCUT2D eigenvalue weighted by Gasteiger charge is -2.13. The highest BCUT2D eigenvalue weighted by molar-refractivity contribution is 5.94. The molecule has 1 aromatic carbocycles. The number of benzene rings is 1. The molecule has 0 radical (unpaired) electrons. The molecule has 1 atom stereocenters. The lowest BCUT2D eigenvalue weighted by atomic mass is 10.1. The van der Waals surface area contributed by atoms with Gasteiger partial charge >= 0.3 is 0 Å². The summed E-state index contributed by atoms with van der Waals surface area (Å²) in [6.07, 6.45) is 0. The van der Waals surface area contributed by atoms with Crippen LogP contribution in [0, 0.1) is 6.92 Å². The number of carbonyl (C=O) groups excluding carboxylic acids is 1. The zero-order valence-corrected chi connectivity index (χ0v) is 10.7. The normalized spacial score (nSPS) is 12.0. The SMILES string of the molecule is COCC(C)NC(=O)c1ccc(C)c(OC)c1. The fraction of sp³-hybridized carbons (Fsp3) is 0.462. The highest BCUT2D eigenvalue weighted by Gasteiger charge is 2.11. The maximum Gasteiger partial charge on any atom is 0.251 e. The van der Waals surface area contributed by atoms with Crippen molar-refractivity contribution >= 4 is 5.91 Å². The lowest BCUT2D eigenvalue weighted by molar-refractivity contribution is 0.0905. The molecule has 1 N–H and O–H groups in total. The zero-order valence-electron chi connectivity index (χ0n) is 10.7. The summed E-state index contributed by atoms with van der Waals surface area (Å²) in [4.78, 5) is 11.9. The Bertz CT molecular complexity index is 390. The van der Waals surface area contributed by atoms with Gasteiger partial charge in [0, 0.05) is 18.7 Å². The molecule has 0 saturated heterocycles. The first kappa shape index (κ1) is 13.5.